The first kappa shape index (κ1) is 20.5. The molecule has 0 heterocycles. The summed E-state index contributed by atoms with van der Waals surface area (Å²) in [6.07, 6.45) is 10.7. The van der Waals surface area contributed by atoms with E-state index in [2.05, 4.69) is 24.3 Å². The van der Waals surface area contributed by atoms with Gasteiger partial charge in [0.1, 0.15) is 4.33 Å². The quantitative estimate of drug-likeness (QED) is 0.349. The Bertz CT molecular complexity index is 589. The van der Waals surface area contributed by atoms with Crippen LogP contribution in [0.25, 0.3) is 0 Å². The Balaban J connectivity index is 1.68. The van der Waals surface area contributed by atoms with Gasteiger partial charge in [0.05, 0.1) is 0 Å². The molecule has 2 N–H and O–H groups in total. The van der Waals surface area contributed by atoms with E-state index in [1.54, 1.807) is 0 Å². The molecule has 0 amide bonds. The van der Waals surface area contributed by atoms with Crippen LogP contribution in [-0.4, -0.2) is 27.8 Å². The van der Waals surface area contributed by atoms with Crippen molar-refractivity contribution in [3.05, 3.63) is 35.4 Å². The van der Waals surface area contributed by atoms with Crippen molar-refractivity contribution in [2.75, 3.05) is 13.2 Å². The number of halogens is 2. The zero-order valence-corrected chi connectivity index (χ0v) is 17.1. The Morgan fingerprint density at radius 3 is 2.12 bits per heavy atom. The zero-order chi connectivity index (χ0) is 18.6. The van der Waals surface area contributed by atoms with Crippen molar-refractivity contribution < 1.29 is 10.2 Å². The number of aliphatic hydroxyl groups is 2. The Morgan fingerprint density at radius 2 is 1.42 bits per heavy atom. The average molecular weight is 399 g/mol. The van der Waals surface area contributed by atoms with Crippen molar-refractivity contribution >= 4 is 23.2 Å². The summed E-state index contributed by atoms with van der Waals surface area (Å²) in [4.78, 5) is 0. The second kappa shape index (κ2) is 8.82. The summed E-state index contributed by atoms with van der Waals surface area (Å²) in [6.45, 7) is 0.574. The molecule has 146 valence electrons. The van der Waals surface area contributed by atoms with Gasteiger partial charge in [-0.05, 0) is 42.7 Å². The van der Waals surface area contributed by atoms with Crippen LogP contribution >= 0.6 is 23.2 Å². The summed E-state index contributed by atoms with van der Waals surface area (Å²) in [5.41, 5.74) is 2.78. The molecule has 1 fully saturated rings. The minimum Gasteiger partial charge on any atom is -0.396 e. The smallest absolute Gasteiger partial charge is 0.132 e. The van der Waals surface area contributed by atoms with Gasteiger partial charge in [0.25, 0.3) is 0 Å². The van der Waals surface area contributed by atoms with E-state index in [1.807, 2.05) is 0 Å². The highest BCUT2D eigenvalue weighted by atomic mass is 35.5. The third-order valence-electron chi connectivity index (χ3n) is 6.58. The van der Waals surface area contributed by atoms with Gasteiger partial charge in [-0.2, -0.15) is 0 Å². The number of rotatable bonds is 12. The van der Waals surface area contributed by atoms with Crippen molar-refractivity contribution in [2.24, 2.45) is 5.92 Å². The molecule has 4 heteroatoms. The van der Waals surface area contributed by atoms with E-state index >= 15 is 0 Å². The number of alkyl halides is 2. The summed E-state index contributed by atoms with van der Waals surface area (Å²) in [7, 11) is 0. The van der Waals surface area contributed by atoms with Gasteiger partial charge in [-0.1, -0.05) is 62.8 Å². The number of unbranched alkanes of at least 4 members (excludes halogenated alkanes) is 6. The van der Waals surface area contributed by atoms with E-state index in [9.17, 15) is 0 Å². The molecule has 1 saturated carbocycles. The lowest BCUT2D eigenvalue weighted by atomic mass is 9.88. The van der Waals surface area contributed by atoms with Crippen LogP contribution < -0.4 is 0 Å². The average Bonchev–Trinajstić information content (AvgIpc) is 2.97. The fourth-order valence-corrected chi connectivity index (χ4v) is 6.51. The number of aliphatic hydroxyl groups excluding tert-OH is 2. The van der Waals surface area contributed by atoms with Gasteiger partial charge in [0.15, 0.2) is 0 Å². The zero-order valence-electron chi connectivity index (χ0n) is 15.6. The maximum Gasteiger partial charge on any atom is 0.132 e. The summed E-state index contributed by atoms with van der Waals surface area (Å²) >= 11 is 13.8. The highest BCUT2D eigenvalue weighted by Crippen LogP contribution is 2.80. The molecule has 3 atom stereocenters. The summed E-state index contributed by atoms with van der Waals surface area (Å²) in [6, 6.07) is 8.78. The minimum atomic E-state index is -0.631. The SMILES string of the molecule is OCCCCCCC1c2ccccc2C2(CCCCCCO)C1C2(Cl)Cl. The summed E-state index contributed by atoms with van der Waals surface area (Å²) < 4.78 is -0.631. The van der Waals surface area contributed by atoms with Crippen LogP contribution in [0.4, 0.5) is 0 Å². The lowest BCUT2D eigenvalue weighted by Crippen LogP contribution is -2.16. The minimum absolute atomic E-state index is 0.0678. The molecule has 2 aliphatic carbocycles. The molecule has 0 aromatic heterocycles. The highest BCUT2D eigenvalue weighted by Gasteiger charge is 2.80. The lowest BCUT2D eigenvalue weighted by Gasteiger charge is -2.22. The van der Waals surface area contributed by atoms with Crippen molar-refractivity contribution in [1.82, 2.24) is 0 Å². The van der Waals surface area contributed by atoms with E-state index in [0.717, 1.165) is 57.8 Å². The Kier molecular flexibility index (Phi) is 6.94. The number of hydrogen-bond acceptors (Lipinski definition) is 2. The Labute approximate surface area is 167 Å². The first-order valence-corrected chi connectivity index (χ1v) is 11.1. The molecule has 0 saturated heterocycles. The van der Waals surface area contributed by atoms with Crippen molar-refractivity contribution in [2.45, 2.75) is 79.9 Å². The van der Waals surface area contributed by atoms with Crippen LogP contribution in [0.15, 0.2) is 24.3 Å². The number of benzene rings is 1. The summed E-state index contributed by atoms with van der Waals surface area (Å²) in [5.74, 6) is 0.805. The van der Waals surface area contributed by atoms with Crippen molar-refractivity contribution in [3.63, 3.8) is 0 Å². The predicted molar refractivity (Wildman–Crippen MR) is 109 cm³/mol. The van der Waals surface area contributed by atoms with Crippen LogP contribution in [0.5, 0.6) is 0 Å². The van der Waals surface area contributed by atoms with Gasteiger partial charge in [0.2, 0.25) is 0 Å². The molecule has 0 radical (unpaired) electrons. The van der Waals surface area contributed by atoms with Gasteiger partial charge in [-0.15, -0.1) is 23.2 Å². The fourth-order valence-electron chi connectivity index (χ4n) is 5.31. The van der Waals surface area contributed by atoms with Crippen LogP contribution in [0.3, 0.4) is 0 Å². The van der Waals surface area contributed by atoms with Crippen LogP contribution in [-0.2, 0) is 5.41 Å². The first-order chi connectivity index (χ1) is 12.6. The molecule has 2 aliphatic rings. The fraction of sp³-hybridized carbons (Fsp3) is 0.727. The normalized spacial score (nSPS) is 28.0. The van der Waals surface area contributed by atoms with E-state index in [4.69, 9.17) is 33.4 Å². The largest absolute Gasteiger partial charge is 0.396 e. The van der Waals surface area contributed by atoms with E-state index in [-0.39, 0.29) is 12.0 Å². The van der Waals surface area contributed by atoms with Crippen LogP contribution in [0.2, 0.25) is 0 Å². The third kappa shape index (κ3) is 3.55. The first-order valence-electron chi connectivity index (χ1n) is 10.3. The van der Waals surface area contributed by atoms with Crippen molar-refractivity contribution in [3.8, 4) is 0 Å². The molecule has 3 rings (SSSR count). The molecule has 2 nitrogen and oxygen atoms in total. The third-order valence-corrected chi connectivity index (χ3v) is 7.72. The van der Waals surface area contributed by atoms with Crippen LogP contribution in [0.1, 0.15) is 81.3 Å². The standard InChI is InChI=1S/C22H32Cl2O2/c23-22(24)20-18(12-5-1-3-9-15-25)17-11-6-7-13-19(17)21(20,22)14-8-2-4-10-16-26/h6-7,11,13,18,20,25-26H,1-5,8-10,12,14-16H2. The van der Waals surface area contributed by atoms with Crippen LogP contribution in [0, 0.1) is 5.92 Å². The molecule has 0 aliphatic heterocycles. The molecule has 0 spiro atoms. The topological polar surface area (TPSA) is 40.5 Å². The molecule has 1 aromatic rings. The second-order valence-corrected chi connectivity index (χ2v) is 9.47. The second-order valence-electron chi connectivity index (χ2n) is 8.08. The molecule has 1 aromatic carbocycles. The molecule has 26 heavy (non-hydrogen) atoms. The van der Waals surface area contributed by atoms with Gasteiger partial charge in [-0.25, -0.2) is 0 Å². The van der Waals surface area contributed by atoms with E-state index in [0.29, 0.717) is 18.4 Å². The lowest BCUT2D eigenvalue weighted by molar-refractivity contribution is 0.282. The van der Waals surface area contributed by atoms with Gasteiger partial charge < -0.3 is 10.2 Å². The van der Waals surface area contributed by atoms with Gasteiger partial charge in [-0.3, -0.25) is 0 Å². The van der Waals surface area contributed by atoms with Crippen molar-refractivity contribution in [1.29, 1.82) is 0 Å². The van der Waals surface area contributed by atoms with E-state index < -0.39 is 4.33 Å². The number of hydrogen-bond donors (Lipinski definition) is 2. The maximum absolute atomic E-state index is 8.96. The molecule has 0 bridgehead atoms. The van der Waals surface area contributed by atoms with Gasteiger partial charge >= 0.3 is 0 Å². The highest BCUT2D eigenvalue weighted by molar-refractivity contribution is 6.53. The predicted octanol–water partition coefficient (Wildman–Crippen LogP) is 5.71. The molecular weight excluding hydrogens is 367 g/mol. The monoisotopic (exact) mass is 398 g/mol. The number of fused-ring (bicyclic) bond motifs is 3. The van der Waals surface area contributed by atoms with E-state index in [1.165, 1.54) is 17.5 Å². The molecule has 3 unspecified atom stereocenters. The maximum atomic E-state index is 8.96. The Morgan fingerprint density at radius 1 is 0.808 bits per heavy atom. The Hall–Kier alpha value is -0.280. The van der Waals surface area contributed by atoms with Gasteiger partial charge in [0, 0.05) is 24.5 Å². The molecular formula is C22H32Cl2O2. The summed E-state index contributed by atoms with van der Waals surface area (Å²) in [5, 5.41) is 17.9.